The molecular weight excluding hydrogens is 274 g/mol. The van der Waals surface area contributed by atoms with E-state index in [9.17, 15) is 0 Å². The maximum absolute atomic E-state index is 6.11. The highest BCUT2D eigenvalue weighted by atomic mass is 35.5. The molecule has 100 valence electrons. The van der Waals surface area contributed by atoms with Crippen LogP contribution in [0.25, 0.3) is 0 Å². The van der Waals surface area contributed by atoms with Gasteiger partial charge in [0.25, 0.3) is 0 Å². The van der Waals surface area contributed by atoms with E-state index in [2.05, 4.69) is 43.4 Å². The van der Waals surface area contributed by atoms with Gasteiger partial charge in [-0.1, -0.05) is 35.5 Å². The van der Waals surface area contributed by atoms with E-state index in [0.29, 0.717) is 0 Å². The summed E-state index contributed by atoms with van der Waals surface area (Å²) in [4.78, 5) is 2.47. The van der Waals surface area contributed by atoms with Gasteiger partial charge in [0, 0.05) is 21.4 Å². The summed E-state index contributed by atoms with van der Waals surface area (Å²) >= 11 is 7.87. The van der Waals surface area contributed by atoms with Gasteiger partial charge in [-0.25, -0.2) is 0 Å². The summed E-state index contributed by atoms with van der Waals surface area (Å²) in [5.74, 6) is 0. The van der Waals surface area contributed by atoms with E-state index in [1.807, 2.05) is 19.2 Å². The van der Waals surface area contributed by atoms with Crippen LogP contribution in [0, 0.1) is 13.8 Å². The summed E-state index contributed by atoms with van der Waals surface area (Å²) in [5.41, 5.74) is 3.92. The molecule has 0 saturated heterocycles. The molecule has 2 aromatic carbocycles. The second-order valence-corrected chi connectivity index (χ2v) is 6.18. The zero-order chi connectivity index (χ0) is 13.8. The lowest BCUT2D eigenvalue weighted by Crippen LogP contribution is -2.05. The molecule has 0 fully saturated rings. The molecule has 1 nitrogen and oxygen atoms in total. The van der Waals surface area contributed by atoms with Crippen molar-refractivity contribution >= 4 is 23.4 Å². The molecular formula is C16H18ClNS. The molecule has 0 spiro atoms. The van der Waals surface area contributed by atoms with Crippen molar-refractivity contribution < 1.29 is 0 Å². The van der Waals surface area contributed by atoms with Gasteiger partial charge in [-0.05, 0) is 61.9 Å². The molecule has 0 aliphatic carbocycles. The van der Waals surface area contributed by atoms with E-state index in [4.69, 9.17) is 11.6 Å². The van der Waals surface area contributed by atoms with Gasteiger partial charge in [0.15, 0.2) is 0 Å². The van der Waals surface area contributed by atoms with Crippen LogP contribution in [-0.4, -0.2) is 7.05 Å². The minimum Gasteiger partial charge on any atom is -0.316 e. The Balaban J connectivity index is 2.30. The minimum atomic E-state index is 0.784. The van der Waals surface area contributed by atoms with Crippen LogP contribution >= 0.6 is 23.4 Å². The van der Waals surface area contributed by atoms with Crippen molar-refractivity contribution in [2.75, 3.05) is 7.05 Å². The van der Waals surface area contributed by atoms with Crippen LogP contribution in [0.1, 0.15) is 16.7 Å². The second-order valence-electron chi connectivity index (χ2n) is 4.63. The van der Waals surface area contributed by atoms with Crippen LogP contribution in [0.5, 0.6) is 0 Å². The molecule has 0 amide bonds. The minimum absolute atomic E-state index is 0.784. The Morgan fingerprint density at radius 1 is 1.05 bits per heavy atom. The molecule has 0 bridgehead atoms. The van der Waals surface area contributed by atoms with Crippen molar-refractivity contribution in [2.45, 2.75) is 30.2 Å². The molecule has 0 saturated carbocycles. The summed E-state index contributed by atoms with van der Waals surface area (Å²) < 4.78 is 0. The lowest BCUT2D eigenvalue weighted by atomic mass is 10.1. The number of hydrogen-bond donors (Lipinski definition) is 1. The van der Waals surface area contributed by atoms with Gasteiger partial charge in [0.1, 0.15) is 0 Å². The normalized spacial score (nSPS) is 10.7. The van der Waals surface area contributed by atoms with E-state index >= 15 is 0 Å². The van der Waals surface area contributed by atoms with E-state index < -0.39 is 0 Å². The number of halogens is 1. The number of benzene rings is 2. The largest absolute Gasteiger partial charge is 0.316 e. The van der Waals surface area contributed by atoms with Crippen molar-refractivity contribution in [3.63, 3.8) is 0 Å². The van der Waals surface area contributed by atoms with Gasteiger partial charge < -0.3 is 5.32 Å². The summed E-state index contributed by atoms with van der Waals surface area (Å²) in [6, 6.07) is 12.6. The smallest absolute Gasteiger partial charge is 0.0417 e. The fourth-order valence-corrected chi connectivity index (χ4v) is 3.18. The molecule has 0 unspecified atom stereocenters. The van der Waals surface area contributed by atoms with Crippen LogP contribution in [0.3, 0.4) is 0 Å². The van der Waals surface area contributed by atoms with Crippen molar-refractivity contribution in [1.82, 2.24) is 5.32 Å². The molecule has 0 radical (unpaired) electrons. The Hall–Kier alpha value is -0.960. The number of rotatable bonds is 4. The van der Waals surface area contributed by atoms with Crippen LogP contribution in [0.4, 0.5) is 0 Å². The van der Waals surface area contributed by atoms with Gasteiger partial charge in [-0.2, -0.15) is 0 Å². The van der Waals surface area contributed by atoms with E-state index in [-0.39, 0.29) is 0 Å². The lowest BCUT2D eigenvalue weighted by Gasteiger charge is -2.10. The van der Waals surface area contributed by atoms with Crippen LogP contribution in [0.2, 0.25) is 5.02 Å². The van der Waals surface area contributed by atoms with Gasteiger partial charge >= 0.3 is 0 Å². The molecule has 0 aliphatic rings. The molecule has 2 rings (SSSR count). The first kappa shape index (κ1) is 14.4. The van der Waals surface area contributed by atoms with Crippen LogP contribution < -0.4 is 5.32 Å². The third-order valence-electron chi connectivity index (χ3n) is 3.10. The first-order chi connectivity index (χ1) is 9.10. The maximum atomic E-state index is 6.11. The lowest BCUT2D eigenvalue weighted by molar-refractivity contribution is 0.803. The predicted molar refractivity (Wildman–Crippen MR) is 84.3 cm³/mol. The average Bonchev–Trinajstić information content (AvgIpc) is 2.37. The highest BCUT2D eigenvalue weighted by molar-refractivity contribution is 7.99. The van der Waals surface area contributed by atoms with Gasteiger partial charge in [0.05, 0.1) is 0 Å². The standard InChI is InChI=1S/C16H18ClNS/c1-11-4-7-15(8-12(11)2)19-16-9-14(17)6-5-13(16)10-18-3/h4-9,18H,10H2,1-3H3. The molecule has 0 heterocycles. The Labute approximate surface area is 124 Å². The Morgan fingerprint density at radius 2 is 1.84 bits per heavy atom. The predicted octanol–water partition coefficient (Wildman–Crippen LogP) is 4.83. The molecule has 0 aliphatic heterocycles. The topological polar surface area (TPSA) is 12.0 Å². The van der Waals surface area contributed by atoms with Gasteiger partial charge in [-0.3, -0.25) is 0 Å². The number of aryl methyl sites for hydroxylation is 2. The third-order valence-corrected chi connectivity index (χ3v) is 4.43. The van der Waals surface area contributed by atoms with E-state index in [0.717, 1.165) is 11.6 Å². The Kier molecular flexibility index (Phi) is 4.92. The molecule has 0 aromatic heterocycles. The Morgan fingerprint density at radius 3 is 2.53 bits per heavy atom. The van der Waals surface area contributed by atoms with Crippen molar-refractivity contribution in [3.05, 3.63) is 58.1 Å². The molecule has 0 atom stereocenters. The number of nitrogens with one attached hydrogen (secondary N) is 1. The highest BCUT2D eigenvalue weighted by Crippen LogP contribution is 2.33. The zero-order valence-electron chi connectivity index (χ0n) is 11.5. The SMILES string of the molecule is CNCc1ccc(Cl)cc1Sc1ccc(C)c(C)c1. The van der Waals surface area contributed by atoms with Crippen molar-refractivity contribution in [1.29, 1.82) is 0 Å². The molecule has 19 heavy (non-hydrogen) atoms. The maximum Gasteiger partial charge on any atom is 0.0417 e. The summed E-state index contributed by atoms with van der Waals surface area (Å²) in [5, 5.41) is 3.98. The van der Waals surface area contributed by atoms with Crippen LogP contribution in [0.15, 0.2) is 46.2 Å². The molecule has 3 heteroatoms. The monoisotopic (exact) mass is 291 g/mol. The van der Waals surface area contributed by atoms with Crippen molar-refractivity contribution in [2.24, 2.45) is 0 Å². The molecule has 1 N–H and O–H groups in total. The molecule has 2 aromatic rings. The first-order valence-electron chi connectivity index (χ1n) is 6.28. The third kappa shape index (κ3) is 3.75. The fourth-order valence-electron chi connectivity index (χ4n) is 1.86. The average molecular weight is 292 g/mol. The first-order valence-corrected chi connectivity index (χ1v) is 7.47. The number of hydrogen-bond acceptors (Lipinski definition) is 2. The highest BCUT2D eigenvalue weighted by Gasteiger charge is 2.06. The van der Waals surface area contributed by atoms with Crippen LogP contribution in [-0.2, 0) is 6.54 Å². The Bertz CT molecular complexity index is 581. The zero-order valence-corrected chi connectivity index (χ0v) is 13.0. The van der Waals surface area contributed by atoms with Gasteiger partial charge in [0.2, 0.25) is 0 Å². The summed E-state index contributed by atoms with van der Waals surface area (Å²) in [6.07, 6.45) is 0. The second kappa shape index (κ2) is 6.47. The van der Waals surface area contributed by atoms with E-state index in [1.165, 1.54) is 26.5 Å². The fraction of sp³-hybridized carbons (Fsp3) is 0.250. The van der Waals surface area contributed by atoms with E-state index in [1.54, 1.807) is 11.8 Å². The van der Waals surface area contributed by atoms with Gasteiger partial charge in [-0.15, -0.1) is 0 Å². The van der Waals surface area contributed by atoms with Crippen molar-refractivity contribution in [3.8, 4) is 0 Å². The summed E-state index contributed by atoms with van der Waals surface area (Å²) in [6.45, 7) is 5.13. The quantitative estimate of drug-likeness (QED) is 0.866. The summed E-state index contributed by atoms with van der Waals surface area (Å²) in [7, 11) is 1.96.